The average molecular weight is 557 g/mol. The number of methoxy groups -OCH3 is 1. The summed E-state index contributed by atoms with van der Waals surface area (Å²) in [5.74, 6) is -2.50. The van der Waals surface area contributed by atoms with Crippen LogP contribution in [0.3, 0.4) is 0 Å². The predicted octanol–water partition coefficient (Wildman–Crippen LogP) is 1.18. The highest BCUT2D eigenvalue weighted by Crippen LogP contribution is 2.34. The van der Waals surface area contributed by atoms with Crippen molar-refractivity contribution in [1.29, 1.82) is 0 Å². The fourth-order valence-corrected chi connectivity index (χ4v) is 5.66. The smallest absolute Gasteiger partial charge is 0.329 e. The lowest BCUT2D eigenvalue weighted by molar-refractivity contribution is -0.150. The van der Waals surface area contributed by atoms with E-state index < -0.39 is 53.8 Å². The van der Waals surface area contributed by atoms with Crippen molar-refractivity contribution in [2.75, 3.05) is 13.7 Å². The Morgan fingerprint density at radius 2 is 1.60 bits per heavy atom. The van der Waals surface area contributed by atoms with Crippen molar-refractivity contribution < 1.29 is 33.4 Å². The largest absolute Gasteiger partial charge is 0.469 e. The van der Waals surface area contributed by atoms with E-state index in [1.807, 2.05) is 30.3 Å². The lowest BCUT2D eigenvalue weighted by Crippen LogP contribution is -2.58. The summed E-state index contributed by atoms with van der Waals surface area (Å²) in [6, 6.07) is 5.82. The second-order valence-corrected chi connectivity index (χ2v) is 11.0. The first-order chi connectivity index (χ1) is 19.3. The Balaban J connectivity index is 1.41. The molecule has 1 aliphatic heterocycles. The highest BCUT2D eigenvalue weighted by atomic mass is 16.5. The van der Waals surface area contributed by atoms with E-state index in [4.69, 9.17) is 10.5 Å². The number of nitrogens with zero attached hydrogens (tertiary/aromatic N) is 1. The van der Waals surface area contributed by atoms with Crippen molar-refractivity contribution in [2.24, 2.45) is 17.6 Å². The first kappa shape index (κ1) is 29.5. The van der Waals surface area contributed by atoms with E-state index in [1.54, 1.807) is 0 Å². The standard InChI is InChI=1S/C29H40N4O7/c1-39-23(34)16-21(30)28(37)33-15-7-12-22(33)26(35)31-24(19-10-5-6-11-19)27(36)32-25(20-13-14-20)29(38)40-17-18-8-3-2-4-9-18/h2-4,8-9,19-22,24-25H,5-7,10-17,30H2,1H3,(H,31,35)(H,32,36)/t21-,22+,24-,25?/m1/s1. The number of likely N-dealkylation sites (tertiary alicyclic amines) is 1. The average Bonchev–Trinajstić information content (AvgIpc) is 3.43. The topological polar surface area (TPSA) is 157 Å². The number of hydrogen-bond acceptors (Lipinski definition) is 8. The van der Waals surface area contributed by atoms with Crippen LogP contribution in [0.25, 0.3) is 0 Å². The molecule has 3 amide bonds. The molecule has 1 saturated heterocycles. The van der Waals surface area contributed by atoms with Gasteiger partial charge in [0, 0.05) is 6.54 Å². The molecule has 3 aliphatic rings. The third-order valence-corrected chi connectivity index (χ3v) is 8.09. The van der Waals surface area contributed by atoms with Crippen molar-refractivity contribution in [3.05, 3.63) is 35.9 Å². The van der Waals surface area contributed by atoms with Crippen LogP contribution in [0.2, 0.25) is 0 Å². The Kier molecular flexibility index (Phi) is 10.1. The van der Waals surface area contributed by atoms with Gasteiger partial charge >= 0.3 is 11.9 Å². The number of amides is 3. The molecule has 11 heteroatoms. The van der Waals surface area contributed by atoms with Gasteiger partial charge in [0.1, 0.15) is 24.7 Å². The maximum atomic E-state index is 13.6. The molecule has 1 aromatic carbocycles. The van der Waals surface area contributed by atoms with Crippen LogP contribution in [0.1, 0.15) is 63.4 Å². The first-order valence-corrected chi connectivity index (χ1v) is 14.2. The van der Waals surface area contributed by atoms with Crippen LogP contribution in [-0.2, 0) is 40.1 Å². The van der Waals surface area contributed by atoms with Gasteiger partial charge in [-0.15, -0.1) is 0 Å². The molecule has 0 bridgehead atoms. The number of nitrogens with one attached hydrogen (secondary N) is 2. The Labute approximate surface area is 234 Å². The lowest BCUT2D eigenvalue weighted by atomic mass is 9.96. The predicted molar refractivity (Wildman–Crippen MR) is 144 cm³/mol. The Hall–Kier alpha value is -3.47. The molecule has 2 saturated carbocycles. The monoisotopic (exact) mass is 556 g/mol. The third-order valence-electron chi connectivity index (χ3n) is 8.09. The van der Waals surface area contributed by atoms with Gasteiger partial charge in [-0.3, -0.25) is 19.2 Å². The SMILES string of the molecule is COC(=O)C[C@@H](N)C(=O)N1CCC[C@H]1C(=O)N[C@@H](C(=O)NC(C(=O)OCc1ccccc1)C1CC1)C1CCCC1. The second-order valence-electron chi connectivity index (χ2n) is 11.0. The summed E-state index contributed by atoms with van der Waals surface area (Å²) < 4.78 is 10.1. The second kappa shape index (κ2) is 13.7. The highest BCUT2D eigenvalue weighted by molar-refractivity contribution is 5.95. The van der Waals surface area contributed by atoms with E-state index >= 15 is 0 Å². The molecule has 40 heavy (non-hydrogen) atoms. The summed E-state index contributed by atoms with van der Waals surface area (Å²) in [6.07, 6.45) is 5.84. The van der Waals surface area contributed by atoms with Gasteiger partial charge < -0.3 is 30.7 Å². The van der Waals surface area contributed by atoms with Gasteiger partial charge in [0.15, 0.2) is 0 Å². The molecule has 11 nitrogen and oxygen atoms in total. The van der Waals surface area contributed by atoms with Crippen molar-refractivity contribution in [3.8, 4) is 0 Å². The van der Waals surface area contributed by atoms with Crippen molar-refractivity contribution in [3.63, 3.8) is 0 Å². The zero-order valence-corrected chi connectivity index (χ0v) is 23.0. The Morgan fingerprint density at radius 1 is 0.925 bits per heavy atom. The number of ether oxygens (including phenoxy) is 2. The van der Waals surface area contributed by atoms with Crippen LogP contribution < -0.4 is 16.4 Å². The van der Waals surface area contributed by atoms with Crippen LogP contribution in [0, 0.1) is 11.8 Å². The summed E-state index contributed by atoms with van der Waals surface area (Å²) in [7, 11) is 1.22. The van der Waals surface area contributed by atoms with E-state index in [0.717, 1.165) is 44.1 Å². The van der Waals surface area contributed by atoms with E-state index in [0.29, 0.717) is 19.4 Å². The maximum absolute atomic E-state index is 13.6. The van der Waals surface area contributed by atoms with E-state index in [2.05, 4.69) is 15.4 Å². The number of esters is 2. The van der Waals surface area contributed by atoms with Crippen molar-refractivity contribution >= 4 is 29.7 Å². The third kappa shape index (κ3) is 7.59. The molecule has 0 radical (unpaired) electrons. The summed E-state index contributed by atoms with van der Waals surface area (Å²) in [5, 5.41) is 5.80. The Morgan fingerprint density at radius 3 is 2.25 bits per heavy atom. The van der Waals surface area contributed by atoms with Crippen LogP contribution >= 0.6 is 0 Å². The van der Waals surface area contributed by atoms with Crippen molar-refractivity contribution in [2.45, 2.75) is 88.6 Å². The highest BCUT2D eigenvalue weighted by Gasteiger charge is 2.43. The van der Waals surface area contributed by atoms with Gasteiger partial charge in [0.2, 0.25) is 17.7 Å². The van der Waals surface area contributed by atoms with E-state index in [-0.39, 0.29) is 24.9 Å². The first-order valence-electron chi connectivity index (χ1n) is 14.2. The van der Waals surface area contributed by atoms with Gasteiger partial charge in [0.05, 0.1) is 19.6 Å². The number of benzene rings is 1. The molecule has 0 aromatic heterocycles. The molecule has 2 aliphatic carbocycles. The number of carbonyl (C=O) groups excluding carboxylic acids is 5. The maximum Gasteiger partial charge on any atom is 0.329 e. The van der Waals surface area contributed by atoms with Crippen LogP contribution in [0.15, 0.2) is 30.3 Å². The van der Waals surface area contributed by atoms with Crippen LogP contribution in [0.5, 0.6) is 0 Å². The van der Waals surface area contributed by atoms with Crippen molar-refractivity contribution in [1.82, 2.24) is 15.5 Å². The molecule has 1 aromatic rings. The molecule has 1 unspecified atom stereocenters. The molecular formula is C29H40N4O7. The number of hydrogen-bond donors (Lipinski definition) is 3. The summed E-state index contributed by atoms with van der Waals surface area (Å²) in [6.45, 7) is 0.453. The quantitative estimate of drug-likeness (QED) is 0.324. The zero-order chi connectivity index (χ0) is 28.6. The molecule has 0 spiro atoms. The molecule has 4 atom stereocenters. The van der Waals surface area contributed by atoms with Gasteiger partial charge in [-0.05, 0) is 55.9 Å². The molecule has 218 valence electrons. The number of carbonyl (C=O) groups is 5. The summed E-state index contributed by atoms with van der Waals surface area (Å²) >= 11 is 0. The number of rotatable bonds is 12. The van der Waals surface area contributed by atoms with Crippen LogP contribution in [0.4, 0.5) is 0 Å². The fraction of sp³-hybridized carbons (Fsp3) is 0.621. The fourth-order valence-electron chi connectivity index (χ4n) is 5.66. The number of nitrogens with two attached hydrogens (primary N) is 1. The molecule has 3 fully saturated rings. The van der Waals surface area contributed by atoms with Gasteiger partial charge in [-0.25, -0.2) is 4.79 Å². The van der Waals surface area contributed by atoms with Gasteiger partial charge in [-0.1, -0.05) is 43.2 Å². The summed E-state index contributed by atoms with van der Waals surface area (Å²) in [5.41, 5.74) is 6.79. The van der Waals surface area contributed by atoms with E-state index in [9.17, 15) is 24.0 Å². The molecule has 4 rings (SSSR count). The van der Waals surface area contributed by atoms with Crippen LogP contribution in [-0.4, -0.2) is 72.4 Å². The van der Waals surface area contributed by atoms with E-state index in [1.165, 1.54) is 12.0 Å². The normalized spacial score (nSPS) is 21.2. The minimum Gasteiger partial charge on any atom is -0.469 e. The molecule has 4 N–H and O–H groups in total. The molecule has 1 heterocycles. The van der Waals surface area contributed by atoms with Gasteiger partial charge in [0.25, 0.3) is 0 Å². The zero-order valence-electron chi connectivity index (χ0n) is 23.0. The van der Waals surface area contributed by atoms with Gasteiger partial charge in [-0.2, -0.15) is 0 Å². The summed E-state index contributed by atoms with van der Waals surface area (Å²) in [4.78, 5) is 65.9. The molecular weight excluding hydrogens is 516 g/mol. The minimum absolute atomic E-state index is 0.00592. The lowest BCUT2D eigenvalue weighted by Gasteiger charge is -2.30. The minimum atomic E-state index is -1.11. The Bertz CT molecular complexity index is 1070.